The van der Waals surface area contributed by atoms with E-state index in [0.717, 1.165) is 26.1 Å². The van der Waals surface area contributed by atoms with Gasteiger partial charge in [0.2, 0.25) is 5.91 Å². The Morgan fingerprint density at radius 1 is 1.06 bits per heavy atom. The minimum absolute atomic E-state index is 0.0814. The van der Waals surface area contributed by atoms with Gasteiger partial charge >= 0.3 is 0 Å². The SMILES string of the molecule is CCN(Cc1ccc(C(=O)NCCCC(=O)N2CCc3ccccc3C2)cc1)C(C)C. The second kappa shape index (κ2) is 11.1. The van der Waals surface area contributed by atoms with Crippen molar-refractivity contribution < 1.29 is 9.59 Å². The molecule has 1 aliphatic heterocycles. The van der Waals surface area contributed by atoms with Crippen LogP contribution in [0, 0.1) is 0 Å². The van der Waals surface area contributed by atoms with Crippen molar-refractivity contribution in [2.45, 2.75) is 59.2 Å². The Bertz CT molecular complexity index is 876. The molecule has 0 unspecified atom stereocenters. The smallest absolute Gasteiger partial charge is 0.251 e. The molecule has 3 rings (SSSR count). The third kappa shape index (κ3) is 6.41. The van der Waals surface area contributed by atoms with Crippen molar-refractivity contribution in [3.63, 3.8) is 0 Å². The van der Waals surface area contributed by atoms with E-state index >= 15 is 0 Å². The summed E-state index contributed by atoms with van der Waals surface area (Å²) in [6, 6.07) is 16.6. The van der Waals surface area contributed by atoms with Crippen molar-refractivity contribution in [3.8, 4) is 0 Å². The number of carbonyl (C=O) groups excluding carboxylic acids is 2. The largest absolute Gasteiger partial charge is 0.352 e. The van der Waals surface area contributed by atoms with Crippen LogP contribution in [0.25, 0.3) is 0 Å². The zero-order valence-corrected chi connectivity index (χ0v) is 19.1. The summed E-state index contributed by atoms with van der Waals surface area (Å²) in [7, 11) is 0. The van der Waals surface area contributed by atoms with Gasteiger partial charge in [0.05, 0.1) is 0 Å². The van der Waals surface area contributed by atoms with Gasteiger partial charge in [-0.2, -0.15) is 0 Å². The highest BCUT2D eigenvalue weighted by Gasteiger charge is 2.19. The normalized spacial score (nSPS) is 13.4. The molecule has 0 aliphatic carbocycles. The zero-order chi connectivity index (χ0) is 22.2. The molecule has 1 aliphatic rings. The van der Waals surface area contributed by atoms with Crippen LogP contribution in [0.2, 0.25) is 0 Å². The minimum atomic E-state index is -0.0814. The summed E-state index contributed by atoms with van der Waals surface area (Å²) in [4.78, 5) is 29.3. The summed E-state index contributed by atoms with van der Waals surface area (Å²) in [6.07, 6.45) is 2.03. The molecule has 0 atom stereocenters. The highest BCUT2D eigenvalue weighted by Crippen LogP contribution is 2.19. The molecule has 2 aromatic carbocycles. The predicted molar refractivity (Wildman–Crippen MR) is 125 cm³/mol. The number of carbonyl (C=O) groups is 2. The maximum atomic E-state index is 12.5. The second-order valence-electron chi connectivity index (χ2n) is 8.55. The van der Waals surface area contributed by atoms with Crippen molar-refractivity contribution in [2.24, 2.45) is 0 Å². The number of nitrogens with zero attached hydrogens (tertiary/aromatic N) is 2. The van der Waals surface area contributed by atoms with Gasteiger partial charge in [-0.05, 0) is 62.1 Å². The van der Waals surface area contributed by atoms with Gasteiger partial charge in [0.1, 0.15) is 0 Å². The Kier molecular flexibility index (Phi) is 8.24. The summed E-state index contributed by atoms with van der Waals surface area (Å²) in [5.41, 5.74) is 4.46. The van der Waals surface area contributed by atoms with Crippen LogP contribution in [0.15, 0.2) is 48.5 Å². The minimum Gasteiger partial charge on any atom is -0.352 e. The molecule has 166 valence electrons. The van der Waals surface area contributed by atoms with E-state index < -0.39 is 0 Å². The molecule has 0 aromatic heterocycles. The summed E-state index contributed by atoms with van der Waals surface area (Å²) in [5, 5.41) is 2.94. The molecule has 2 aromatic rings. The lowest BCUT2D eigenvalue weighted by Crippen LogP contribution is -2.36. The van der Waals surface area contributed by atoms with Crippen LogP contribution in [0.4, 0.5) is 0 Å². The average molecular weight is 422 g/mol. The summed E-state index contributed by atoms with van der Waals surface area (Å²) >= 11 is 0. The highest BCUT2D eigenvalue weighted by atomic mass is 16.2. The van der Waals surface area contributed by atoms with Gasteiger partial charge in [-0.25, -0.2) is 0 Å². The molecule has 0 saturated heterocycles. The Labute approximate surface area is 186 Å². The molecule has 31 heavy (non-hydrogen) atoms. The second-order valence-corrected chi connectivity index (χ2v) is 8.55. The molecule has 2 amide bonds. The highest BCUT2D eigenvalue weighted by molar-refractivity contribution is 5.94. The van der Waals surface area contributed by atoms with Crippen LogP contribution in [0.3, 0.4) is 0 Å². The molecular weight excluding hydrogens is 386 g/mol. The topological polar surface area (TPSA) is 52.7 Å². The monoisotopic (exact) mass is 421 g/mol. The van der Waals surface area contributed by atoms with E-state index in [1.54, 1.807) is 0 Å². The van der Waals surface area contributed by atoms with Crippen LogP contribution in [-0.2, 0) is 24.3 Å². The lowest BCUT2D eigenvalue weighted by atomic mass is 9.99. The van der Waals surface area contributed by atoms with Gasteiger partial charge in [0, 0.05) is 44.2 Å². The molecule has 0 radical (unpaired) electrons. The molecule has 0 spiro atoms. The van der Waals surface area contributed by atoms with Crippen LogP contribution >= 0.6 is 0 Å². The molecule has 0 fully saturated rings. The van der Waals surface area contributed by atoms with Crippen molar-refractivity contribution >= 4 is 11.8 Å². The van der Waals surface area contributed by atoms with E-state index in [4.69, 9.17) is 0 Å². The molecule has 5 nitrogen and oxygen atoms in total. The Morgan fingerprint density at radius 2 is 1.77 bits per heavy atom. The third-order valence-electron chi connectivity index (χ3n) is 6.07. The van der Waals surface area contributed by atoms with Crippen molar-refractivity contribution in [1.82, 2.24) is 15.1 Å². The number of fused-ring (bicyclic) bond motifs is 1. The molecule has 0 saturated carbocycles. The summed E-state index contributed by atoms with van der Waals surface area (Å²) in [5.74, 6) is 0.0841. The summed E-state index contributed by atoms with van der Waals surface area (Å²) < 4.78 is 0. The van der Waals surface area contributed by atoms with Crippen LogP contribution in [0.5, 0.6) is 0 Å². The number of rotatable bonds is 9. The van der Waals surface area contributed by atoms with Gasteiger partial charge in [-0.3, -0.25) is 14.5 Å². The van der Waals surface area contributed by atoms with Gasteiger partial charge in [-0.15, -0.1) is 0 Å². The van der Waals surface area contributed by atoms with Crippen LogP contribution in [-0.4, -0.2) is 47.3 Å². The third-order valence-corrected chi connectivity index (χ3v) is 6.07. The Hall–Kier alpha value is -2.66. The molecular formula is C26H35N3O2. The fraction of sp³-hybridized carbons (Fsp3) is 0.462. The molecule has 1 heterocycles. The number of hydrogen-bond donors (Lipinski definition) is 1. The first-order chi connectivity index (χ1) is 15.0. The molecule has 0 bridgehead atoms. The van der Waals surface area contributed by atoms with E-state index in [-0.39, 0.29) is 11.8 Å². The van der Waals surface area contributed by atoms with Gasteiger partial charge in [-0.1, -0.05) is 43.3 Å². The lowest BCUT2D eigenvalue weighted by molar-refractivity contribution is -0.132. The quantitative estimate of drug-likeness (QED) is 0.623. The van der Waals surface area contributed by atoms with E-state index in [9.17, 15) is 9.59 Å². The van der Waals surface area contributed by atoms with E-state index in [1.807, 2.05) is 35.2 Å². The number of amides is 2. The Morgan fingerprint density at radius 3 is 2.45 bits per heavy atom. The summed E-state index contributed by atoms with van der Waals surface area (Å²) in [6.45, 7) is 10.4. The molecule has 1 N–H and O–H groups in total. The predicted octanol–water partition coefficient (Wildman–Crippen LogP) is 4.01. The van der Waals surface area contributed by atoms with Crippen LogP contribution < -0.4 is 5.32 Å². The number of nitrogens with one attached hydrogen (secondary N) is 1. The zero-order valence-electron chi connectivity index (χ0n) is 19.1. The van der Waals surface area contributed by atoms with E-state index in [1.165, 1.54) is 16.7 Å². The van der Waals surface area contributed by atoms with E-state index in [2.05, 4.69) is 49.2 Å². The Balaban J connectivity index is 1.39. The van der Waals surface area contributed by atoms with Gasteiger partial charge in [0.25, 0.3) is 5.91 Å². The fourth-order valence-electron chi connectivity index (χ4n) is 4.07. The standard InChI is InChI=1S/C26H35N3O2/c1-4-28(20(2)3)18-21-11-13-23(14-12-21)26(31)27-16-7-10-25(30)29-17-15-22-8-5-6-9-24(22)19-29/h5-6,8-9,11-14,20H,4,7,10,15-19H2,1-3H3,(H,27,31). The molecule has 5 heteroatoms. The van der Waals surface area contributed by atoms with Crippen LogP contribution in [0.1, 0.15) is 60.7 Å². The first-order valence-corrected chi connectivity index (χ1v) is 11.4. The van der Waals surface area contributed by atoms with E-state index in [0.29, 0.717) is 37.5 Å². The van der Waals surface area contributed by atoms with Crippen molar-refractivity contribution in [2.75, 3.05) is 19.6 Å². The van der Waals surface area contributed by atoms with Crippen molar-refractivity contribution in [1.29, 1.82) is 0 Å². The fourth-order valence-corrected chi connectivity index (χ4v) is 4.07. The van der Waals surface area contributed by atoms with Gasteiger partial charge in [0.15, 0.2) is 0 Å². The van der Waals surface area contributed by atoms with Crippen molar-refractivity contribution in [3.05, 3.63) is 70.8 Å². The maximum Gasteiger partial charge on any atom is 0.251 e. The average Bonchev–Trinajstić information content (AvgIpc) is 2.79. The first kappa shape index (κ1) is 23.0. The number of benzene rings is 2. The number of hydrogen-bond acceptors (Lipinski definition) is 3. The first-order valence-electron chi connectivity index (χ1n) is 11.4. The lowest BCUT2D eigenvalue weighted by Gasteiger charge is -2.29. The maximum absolute atomic E-state index is 12.5. The van der Waals surface area contributed by atoms with Gasteiger partial charge < -0.3 is 10.2 Å².